The lowest BCUT2D eigenvalue weighted by atomic mass is 10.0. The molecular formula is C13H12O3S. The SMILES string of the molecule is CS[C@H](C)C(=O)C1=C(O)c2ccccc2C1=O. The molecule has 17 heavy (non-hydrogen) atoms. The molecule has 1 aromatic carbocycles. The van der Waals surface area contributed by atoms with E-state index in [-0.39, 0.29) is 28.1 Å². The maximum absolute atomic E-state index is 12.0. The number of carbonyl (C=O) groups is 2. The Morgan fingerprint density at radius 3 is 2.41 bits per heavy atom. The Morgan fingerprint density at radius 2 is 1.88 bits per heavy atom. The molecule has 0 aliphatic heterocycles. The lowest BCUT2D eigenvalue weighted by Gasteiger charge is -2.06. The van der Waals surface area contributed by atoms with E-state index in [2.05, 4.69) is 0 Å². The van der Waals surface area contributed by atoms with Crippen molar-refractivity contribution in [1.82, 2.24) is 0 Å². The van der Waals surface area contributed by atoms with E-state index in [1.54, 1.807) is 37.4 Å². The zero-order chi connectivity index (χ0) is 12.6. The highest BCUT2D eigenvalue weighted by atomic mass is 32.2. The van der Waals surface area contributed by atoms with E-state index in [1.807, 2.05) is 0 Å². The number of benzene rings is 1. The number of Topliss-reactive ketones (excluding diaryl/α,β-unsaturated/α-hetero) is 2. The van der Waals surface area contributed by atoms with Crippen molar-refractivity contribution < 1.29 is 14.7 Å². The van der Waals surface area contributed by atoms with Crippen LogP contribution in [0.4, 0.5) is 0 Å². The van der Waals surface area contributed by atoms with Crippen LogP contribution in [0.3, 0.4) is 0 Å². The van der Waals surface area contributed by atoms with Crippen molar-refractivity contribution >= 4 is 29.1 Å². The Kier molecular flexibility index (Phi) is 3.07. The van der Waals surface area contributed by atoms with Crippen LogP contribution in [-0.4, -0.2) is 28.2 Å². The van der Waals surface area contributed by atoms with Gasteiger partial charge in [-0.05, 0) is 13.2 Å². The predicted molar refractivity (Wildman–Crippen MR) is 68.3 cm³/mol. The summed E-state index contributed by atoms with van der Waals surface area (Å²) in [7, 11) is 0. The van der Waals surface area contributed by atoms with Gasteiger partial charge >= 0.3 is 0 Å². The number of aliphatic hydroxyl groups excluding tert-OH is 1. The van der Waals surface area contributed by atoms with E-state index in [1.165, 1.54) is 11.8 Å². The first-order valence-electron chi connectivity index (χ1n) is 5.22. The smallest absolute Gasteiger partial charge is 0.201 e. The second-order valence-electron chi connectivity index (χ2n) is 3.84. The fraction of sp³-hybridized carbons (Fsp3) is 0.231. The Morgan fingerprint density at radius 1 is 1.29 bits per heavy atom. The number of aliphatic hydroxyl groups is 1. The molecule has 0 saturated carbocycles. The van der Waals surface area contributed by atoms with Crippen molar-refractivity contribution in [2.75, 3.05) is 6.26 Å². The molecule has 0 heterocycles. The fourth-order valence-corrected chi connectivity index (χ4v) is 2.14. The monoisotopic (exact) mass is 248 g/mol. The predicted octanol–water partition coefficient (Wildman–Crippen LogP) is 2.47. The van der Waals surface area contributed by atoms with Crippen LogP contribution >= 0.6 is 11.8 Å². The first-order valence-corrected chi connectivity index (χ1v) is 6.51. The molecule has 0 spiro atoms. The van der Waals surface area contributed by atoms with Crippen LogP contribution in [0.5, 0.6) is 0 Å². The zero-order valence-electron chi connectivity index (χ0n) is 9.56. The summed E-state index contributed by atoms with van der Waals surface area (Å²) >= 11 is 1.36. The van der Waals surface area contributed by atoms with Gasteiger partial charge in [-0.25, -0.2) is 0 Å². The first-order chi connectivity index (χ1) is 8.07. The number of hydrogen-bond donors (Lipinski definition) is 1. The van der Waals surface area contributed by atoms with Crippen LogP contribution in [0.1, 0.15) is 22.8 Å². The molecule has 1 atom stereocenters. The van der Waals surface area contributed by atoms with Crippen LogP contribution in [0.2, 0.25) is 0 Å². The highest BCUT2D eigenvalue weighted by molar-refractivity contribution is 7.99. The zero-order valence-corrected chi connectivity index (χ0v) is 10.4. The van der Waals surface area contributed by atoms with Gasteiger partial charge in [0.15, 0.2) is 5.78 Å². The van der Waals surface area contributed by atoms with Gasteiger partial charge in [-0.15, -0.1) is 0 Å². The lowest BCUT2D eigenvalue weighted by molar-refractivity contribution is -0.114. The van der Waals surface area contributed by atoms with Crippen LogP contribution in [0.15, 0.2) is 29.8 Å². The third-order valence-electron chi connectivity index (χ3n) is 2.86. The topological polar surface area (TPSA) is 54.4 Å². The molecule has 0 bridgehead atoms. The lowest BCUT2D eigenvalue weighted by Crippen LogP contribution is -2.19. The Labute approximate surface area is 104 Å². The van der Waals surface area contributed by atoms with Gasteiger partial charge < -0.3 is 5.11 Å². The molecule has 3 nitrogen and oxygen atoms in total. The molecule has 0 amide bonds. The van der Waals surface area contributed by atoms with E-state index < -0.39 is 0 Å². The number of hydrogen-bond acceptors (Lipinski definition) is 4. The third-order valence-corrected chi connectivity index (χ3v) is 3.78. The number of thioether (sulfide) groups is 1. The fourth-order valence-electron chi connectivity index (χ4n) is 1.80. The summed E-state index contributed by atoms with van der Waals surface area (Å²) in [4.78, 5) is 24.0. The number of allylic oxidation sites excluding steroid dienone is 1. The van der Waals surface area contributed by atoms with Crippen LogP contribution < -0.4 is 0 Å². The van der Waals surface area contributed by atoms with Gasteiger partial charge in [-0.1, -0.05) is 24.3 Å². The van der Waals surface area contributed by atoms with Crippen molar-refractivity contribution in [2.24, 2.45) is 0 Å². The van der Waals surface area contributed by atoms with Crippen molar-refractivity contribution in [2.45, 2.75) is 12.2 Å². The third kappa shape index (κ3) is 1.78. The molecule has 0 aromatic heterocycles. The summed E-state index contributed by atoms with van der Waals surface area (Å²) in [6.45, 7) is 1.73. The summed E-state index contributed by atoms with van der Waals surface area (Å²) in [5.41, 5.74) is 0.781. The van der Waals surface area contributed by atoms with Crippen molar-refractivity contribution in [3.05, 3.63) is 41.0 Å². The highest BCUT2D eigenvalue weighted by Gasteiger charge is 2.35. The largest absolute Gasteiger partial charge is 0.506 e. The van der Waals surface area contributed by atoms with Gasteiger partial charge in [0, 0.05) is 11.1 Å². The summed E-state index contributed by atoms with van der Waals surface area (Å²) in [6, 6.07) is 6.72. The van der Waals surface area contributed by atoms with E-state index in [4.69, 9.17) is 0 Å². The molecule has 0 fully saturated rings. The van der Waals surface area contributed by atoms with Gasteiger partial charge in [0.1, 0.15) is 11.3 Å². The van der Waals surface area contributed by atoms with Gasteiger partial charge in [0.05, 0.1) is 5.25 Å². The standard InChI is InChI=1S/C13H12O3S/c1-7(17-2)11(14)10-12(15)8-5-3-4-6-9(8)13(10)16/h3-7,15H,1-2H3/t7-/m1/s1. The second-order valence-corrected chi connectivity index (χ2v) is 5.02. The van der Waals surface area contributed by atoms with Gasteiger partial charge in [-0.3, -0.25) is 9.59 Å². The normalized spacial score (nSPS) is 16.0. The molecule has 0 saturated heterocycles. The van der Waals surface area contributed by atoms with Crippen LogP contribution in [0, 0.1) is 0 Å². The Bertz CT molecular complexity index is 531. The minimum Gasteiger partial charge on any atom is -0.506 e. The van der Waals surface area contributed by atoms with Gasteiger partial charge in [-0.2, -0.15) is 11.8 Å². The minimum absolute atomic E-state index is 0.0759. The molecule has 4 heteroatoms. The average molecular weight is 248 g/mol. The summed E-state index contributed by atoms with van der Waals surface area (Å²) < 4.78 is 0. The molecule has 2 rings (SSSR count). The number of rotatable bonds is 3. The minimum atomic E-state index is -0.371. The van der Waals surface area contributed by atoms with Crippen molar-refractivity contribution in [3.63, 3.8) is 0 Å². The number of ketones is 2. The van der Waals surface area contributed by atoms with Gasteiger partial charge in [0.25, 0.3) is 0 Å². The molecule has 0 radical (unpaired) electrons. The molecule has 1 aliphatic carbocycles. The van der Waals surface area contributed by atoms with Gasteiger partial charge in [0.2, 0.25) is 5.78 Å². The second kappa shape index (κ2) is 4.37. The Hall–Kier alpha value is -1.55. The summed E-state index contributed by atoms with van der Waals surface area (Å²) in [6.07, 6.45) is 1.80. The molecule has 88 valence electrons. The van der Waals surface area contributed by atoms with E-state index >= 15 is 0 Å². The number of fused-ring (bicyclic) bond motifs is 1. The number of carbonyl (C=O) groups excluding carboxylic acids is 2. The molecule has 1 aliphatic rings. The van der Waals surface area contributed by atoms with Crippen LogP contribution in [-0.2, 0) is 4.79 Å². The Balaban J connectivity index is 2.49. The van der Waals surface area contributed by atoms with E-state index in [9.17, 15) is 14.7 Å². The quantitative estimate of drug-likeness (QED) is 0.835. The van der Waals surface area contributed by atoms with Crippen molar-refractivity contribution in [3.8, 4) is 0 Å². The maximum Gasteiger partial charge on any atom is 0.201 e. The molecule has 0 unspecified atom stereocenters. The summed E-state index contributed by atoms with van der Waals surface area (Å²) in [5.74, 6) is -0.864. The summed E-state index contributed by atoms with van der Waals surface area (Å²) in [5, 5.41) is 9.63. The first kappa shape index (κ1) is 11.9. The molecular weight excluding hydrogens is 236 g/mol. The van der Waals surface area contributed by atoms with Crippen LogP contribution in [0.25, 0.3) is 5.76 Å². The maximum atomic E-state index is 12.0. The van der Waals surface area contributed by atoms with Crippen molar-refractivity contribution in [1.29, 1.82) is 0 Å². The van der Waals surface area contributed by atoms with E-state index in [0.29, 0.717) is 11.1 Å². The molecule has 1 aromatic rings. The molecule has 1 N–H and O–H groups in total. The average Bonchev–Trinajstić information content (AvgIpc) is 2.61. The van der Waals surface area contributed by atoms with E-state index in [0.717, 1.165) is 0 Å². The highest BCUT2D eigenvalue weighted by Crippen LogP contribution is 2.32.